The average Bonchev–Trinajstić information content (AvgIpc) is 2.86. The zero-order chi connectivity index (χ0) is 23.5. The molecular weight excluding hydrogens is 432 g/mol. The molecule has 0 bridgehead atoms. The average molecular weight is 463 g/mol. The maximum Gasteiger partial charge on any atom is 0.267 e. The van der Waals surface area contributed by atoms with Gasteiger partial charge in [0.1, 0.15) is 6.04 Å². The van der Waals surface area contributed by atoms with Gasteiger partial charge >= 0.3 is 0 Å². The van der Waals surface area contributed by atoms with Gasteiger partial charge in [-0.25, -0.2) is 5.48 Å². The van der Waals surface area contributed by atoms with Crippen molar-refractivity contribution in [2.45, 2.75) is 20.0 Å². The molecule has 0 radical (unpaired) electrons. The molecule has 34 heavy (non-hydrogen) atoms. The first kappa shape index (κ1) is 26.6. The van der Waals surface area contributed by atoms with Gasteiger partial charge in [0.05, 0.1) is 13.2 Å². The van der Waals surface area contributed by atoms with Crippen molar-refractivity contribution in [3.8, 4) is 23.7 Å². The fraction of sp³-hybridized carbons (Fsp3) is 0.308. The molecule has 1 atom stereocenters. The van der Waals surface area contributed by atoms with Crippen LogP contribution in [-0.4, -0.2) is 60.8 Å². The van der Waals surface area contributed by atoms with E-state index in [4.69, 9.17) is 15.7 Å². The zero-order valence-electron chi connectivity index (χ0n) is 18.1. The summed E-state index contributed by atoms with van der Waals surface area (Å²) in [4.78, 5) is 26.0. The highest BCUT2D eigenvalue weighted by Gasteiger charge is 2.19. The first-order valence-electron chi connectivity index (χ1n) is 10.5. The summed E-state index contributed by atoms with van der Waals surface area (Å²) in [5.41, 5.74) is 10.1. The van der Waals surface area contributed by atoms with Gasteiger partial charge in [-0.15, -0.1) is 0 Å². The molecule has 8 heteroatoms. The number of rotatable bonds is 6. The van der Waals surface area contributed by atoms with E-state index in [1.165, 1.54) is 11.0 Å². The zero-order valence-corrected chi connectivity index (χ0v) is 18.1. The standard InChI is InChI=1S/C25H26N4O4.CH4/c26-17-23(25(31)28-32)27-24(30)22-10-8-19(9-11-22)4-1-2-5-20-6-3-7-21(16-20)18-29-12-14-33-15-13-29;/h3,6-11,16,23,32H,12-15,17-18,26H2,(H,27,30)(H,28,31);1H4/t23-;/m0./s1. The fourth-order valence-electron chi connectivity index (χ4n) is 3.23. The second-order valence-corrected chi connectivity index (χ2v) is 7.40. The van der Waals surface area contributed by atoms with E-state index in [0.717, 1.165) is 38.4 Å². The van der Waals surface area contributed by atoms with Crippen molar-refractivity contribution < 1.29 is 19.5 Å². The van der Waals surface area contributed by atoms with E-state index in [1.54, 1.807) is 24.3 Å². The number of amides is 2. The van der Waals surface area contributed by atoms with Crippen LogP contribution in [0.1, 0.15) is 34.5 Å². The van der Waals surface area contributed by atoms with Crippen LogP contribution >= 0.6 is 0 Å². The lowest BCUT2D eigenvalue weighted by Gasteiger charge is -2.26. The summed E-state index contributed by atoms with van der Waals surface area (Å²) < 4.78 is 5.39. The van der Waals surface area contributed by atoms with Crippen LogP contribution in [0.5, 0.6) is 0 Å². The van der Waals surface area contributed by atoms with Crippen LogP contribution in [0.2, 0.25) is 0 Å². The van der Waals surface area contributed by atoms with Crippen LogP contribution in [-0.2, 0) is 16.1 Å². The van der Waals surface area contributed by atoms with Crippen molar-refractivity contribution in [1.29, 1.82) is 0 Å². The van der Waals surface area contributed by atoms with Crippen molar-refractivity contribution in [2.75, 3.05) is 32.8 Å². The van der Waals surface area contributed by atoms with Crippen molar-refractivity contribution in [2.24, 2.45) is 5.73 Å². The number of hydroxylamine groups is 1. The second kappa shape index (κ2) is 13.8. The molecule has 0 saturated carbocycles. The van der Waals surface area contributed by atoms with Crippen molar-refractivity contribution >= 4 is 11.8 Å². The fourth-order valence-corrected chi connectivity index (χ4v) is 3.23. The highest BCUT2D eigenvalue weighted by atomic mass is 16.5. The number of nitrogens with zero attached hydrogens (tertiary/aromatic N) is 1. The predicted molar refractivity (Wildman–Crippen MR) is 130 cm³/mol. The molecule has 0 spiro atoms. The van der Waals surface area contributed by atoms with Gasteiger partial charge in [-0.3, -0.25) is 19.7 Å². The van der Waals surface area contributed by atoms with E-state index in [2.05, 4.69) is 46.0 Å². The lowest BCUT2D eigenvalue weighted by molar-refractivity contribution is -0.130. The topological polar surface area (TPSA) is 117 Å². The number of hydrogen-bond acceptors (Lipinski definition) is 6. The number of carbonyl (C=O) groups is 2. The summed E-state index contributed by atoms with van der Waals surface area (Å²) in [6.07, 6.45) is 0. The Bertz CT molecular complexity index is 1090. The molecule has 2 aromatic rings. The van der Waals surface area contributed by atoms with Crippen LogP contribution < -0.4 is 16.5 Å². The summed E-state index contributed by atoms with van der Waals surface area (Å²) >= 11 is 0. The minimum absolute atomic E-state index is 0. The SMILES string of the molecule is C.NC[C@H](NC(=O)c1ccc(C#CC#Cc2cccc(CN3CCOCC3)c2)cc1)C(=O)NO. The quantitative estimate of drug-likeness (QED) is 0.290. The molecule has 1 saturated heterocycles. The van der Waals surface area contributed by atoms with Crippen molar-refractivity contribution in [1.82, 2.24) is 15.7 Å². The summed E-state index contributed by atoms with van der Waals surface area (Å²) in [5, 5.41) is 11.1. The predicted octanol–water partition coefficient (Wildman–Crippen LogP) is 1.12. The van der Waals surface area contributed by atoms with E-state index in [-0.39, 0.29) is 14.0 Å². The van der Waals surface area contributed by atoms with Gasteiger partial charge in [-0.2, -0.15) is 0 Å². The van der Waals surface area contributed by atoms with Gasteiger partial charge in [0.25, 0.3) is 11.8 Å². The third-order valence-corrected chi connectivity index (χ3v) is 5.03. The number of benzene rings is 2. The summed E-state index contributed by atoms with van der Waals surface area (Å²) in [7, 11) is 0. The van der Waals surface area contributed by atoms with Gasteiger partial charge in [0.2, 0.25) is 0 Å². The minimum atomic E-state index is -1.02. The van der Waals surface area contributed by atoms with E-state index in [0.29, 0.717) is 11.1 Å². The Morgan fingerprint density at radius 1 is 1.06 bits per heavy atom. The molecule has 0 aromatic heterocycles. The van der Waals surface area contributed by atoms with Crippen LogP contribution in [0.15, 0.2) is 48.5 Å². The first-order valence-corrected chi connectivity index (χ1v) is 10.5. The van der Waals surface area contributed by atoms with E-state index in [9.17, 15) is 9.59 Å². The molecule has 1 aliphatic heterocycles. The second-order valence-electron chi connectivity index (χ2n) is 7.40. The largest absolute Gasteiger partial charge is 0.379 e. The number of ether oxygens (including phenoxy) is 1. The maximum absolute atomic E-state index is 12.2. The van der Waals surface area contributed by atoms with Crippen LogP contribution in [0.25, 0.3) is 0 Å². The van der Waals surface area contributed by atoms with Gasteiger partial charge in [-0.05, 0) is 53.8 Å². The van der Waals surface area contributed by atoms with Gasteiger partial charge < -0.3 is 15.8 Å². The first-order chi connectivity index (χ1) is 16.1. The highest BCUT2D eigenvalue weighted by molar-refractivity contribution is 5.97. The molecule has 8 nitrogen and oxygen atoms in total. The molecule has 1 heterocycles. The summed E-state index contributed by atoms with van der Waals surface area (Å²) in [6.45, 7) is 4.16. The molecule has 0 aliphatic carbocycles. The Morgan fingerprint density at radius 2 is 1.74 bits per heavy atom. The normalized spacial score (nSPS) is 13.7. The Balaban J connectivity index is 0.00000408. The number of nitrogens with one attached hydrogen (secondary N) is 2. The van der Waals surface area contributed by atoms with Crippen molar-refractivity contribution in [3.63, 3.8) is 0 Å². The van der Waals surface area contributed by atoms with E-state index >= 15 is 0 Å². The van der Waals surface area contributed by atoms with E-state index in [1.807, 2.05) is 12.1 Å². The Hall–Kier alpha value is -3.66. The number of carbonyl (C=O) groups excluding carboxylic acids is 2. The molecule has 3 rings (SSSR count). The van der Waals surface area contributed by atoms with Crippen molar-refractivity contribution in [3.05, 3.63) is 70.8 Å². The summed E-state index contributed by atoms with van der Waals surface area (Å²) in [5.74, 6) is 10.4. The van der Waals surface area contributed by atoms with Crippen LogP contribution in [0.3, 0.4) is 0 Å². The number of hydrogen-bond donors (Lipinski definition) is 4. The van der Waals surface area contributed by atoms with Gasteiger partial charge in [0.15, 0.2) is 0 Å². The molecule has 1 fully saturated rings. The molecular formula is C26H30N4O4. The Morgan fingerprint density at radius 3 is 2.38 bits per heavy atom. The molecule has 2 aromatic carbocycles. The molecule has 178 valence electrons. The lowest BCUT2D eigenvalue weighted by atomic mass is 10.1. The molecule has 0 unspecified atom stereocenters. The number of morpholine rings is 1. The maximum atomic E-state index is 12.2. The minimum Gasteiger partial charge on any atom is -0.379 e. The third-order valence-electron chi connectivity index (χ3n) is 5.03. The Labute approximate surface area is 200 Å². The Kier molecular flexibility index (Phi) is 10.8. The highest BCUT2D eigenvalue weighted by Crippen LogP contribution is 2.09. The van der Waals surface area contributed by atoms with Gasteiger partial charge in [0, 0.05) is 42.9 Å². The molecule has 1 aliphatic rings. The van der Waals surface area contributed by atoms with Gasteiger partial charge in [-0.1, -0.05) is 31.4 Å². The number of nitrogens with two attached hydrogens (primary N) is 1. The molecule has 5 N–H and O–H groups in total. The third kappa shape index (κ3) is 8.04. The van der Waals surface area contributed by atoms with E-state index < -0.39 is 17.9 Å². The smallest absolute Gasteiger partial charge is 0.267 e. The molecule has 2 amide bonds. The van der Waals surface area contributed by atoms with Crippen LogP contribution in [0, 0.1) is 23.7 Å². The lowest BCUT2D eigenvalue weighted by Crippen LogP contribution is -2.50. The summed E-state index contributed by atoms with van der Waals surface area (Å²) in [6, 6.07) is 13.7. The monoisotopic (exact) mass is 462 g/mol. The van der Waals surface area contributed by atoms with Crippen LogP contribution in [0.4, 0.5) is 0 Å².